The molecule has 0 fully saturated rings. The zero-order valence-corrected chi connectivity index (χ0v) is 11.7. The van der Waals surface area contributed by atoms with E-state index >= 15 is 0 Å². The van der Waals surface area contributed by atoms with Crippen LogP contribution in [0.25, 0.3) is 5.65 Å². The number of aromatic amines is 1. The molecule has 7 heteroatoms. The number of rotatable bonds is 1. The molecule has 1 N–H and O–H groups in total. The van der Waals surface area contributed by atoms with Gasteiger partial charge in [0.2, 0.25) is 0 Å². The smallest absolute Gasteiger partial charge is 0.274 e. The molecule has 3 aromatic heterocycles. The molecule has 0 bridgehead atoms. The van der Waals surface area contributed by atoms with Crippen LogP contribution in [0, 0.1) is 0 Å². The Morgan fingerprint density at radius 2 is 2.23 bits per heavy atom. The van der Waals surface area contributed by atoms with Gasteiger partial charge in [0.05, 0.1) is 5.69 Å². The van der Waals surface area contributed by atoms with Gasteiger partial charge >= 0.3 is 0 Å². The Morgan fingerprint density at radius 3 is 3.09 bits per heavy atom. The van der Waals surface area contributed by atoms with E-state index in [1.54, 1.807) is 11.1 Å². The van der Waals surface area contributed by atoms with Crippen molar-refractivity contribution >= 4 is 11.6 Å². The maximum Gasteiger partial charge on any atom is 0.274 e. The molecule has 1 amide bonds. The molecule has 0 radical (unpaired) electrons. The Balaban J connectivity index is 1.65. The summed E-state index contributed by atoms with van der Waals surface area (Å²) in [4.78, 5) is 30.0. The van der Waals surface area contributed by atoms with E-state index in [2.05, 4.69) is 15.2 Å². The van der Waals surface area contributed by atoms with Gasteiger partial charge in [0.25, 0.3) is 11.5 Å². The molecule has 0 unspecified atom stereocenters. The van der Waals surface area contributed by atoms with Crippen LogP contribution in [0.15, 0.2) is 41.5 Å². The maximum absolute atomic E-state index is 12.6. The van der Waals surface area contributed by atoms with E-state index in [9.17, 15) is 9.59 Å². The SMILES string of the molecule is O=C(c1cn2ccccc2n1)N1CCc2n[nH]c(=O)cc2C1. The highest BCUT2D eigenvalue weighted by atomic mass is 16.2. The summed E-state index contributed by atoms with van der Waals surface area (Å²) in [6, 6.07) is 7.13. The monoisotopic (exact) mass is 295 g/mol. The number of pyridine rings is 1. The number of nitrogens with zero attached hydrogens (tertiary/aromatic N) is 4. The van der Waals surface area contributed by atoms with Crippen LogP contribution in [0.5, 0.6) is 0 Å². The summed E-state index contributed by atoms with van der Waals surface area (Å²) in [7, 11) is 0. The molecular weight excluding hydrogens is 282 g/mol. The van der Waals surface area contributed by atoms with E-state index < -0.39 is 0 Å². The summed E-state index contributed by atoms with van der Waals surface area (Å²) in [5, 5.41) is 6.45. The van der Waals surface area contributed by atoms with Crippen LogP contribution in [-0.2, 0) is 13.0 Å². The van der Waals surface area contributed by atoms with E-state index in [1.165, 1.54) is 6.07 Å². The predicted octanol–water partition coefficient (Wildman–Crippen LogP) is 0.616. The van der Waals surface area contributed by atoms with E-state index in [0.29, 0.717) is 25.2 Å². The lowest BCUT2D eigenvalue weighted by Gasteiger charge is -2.27. The number of aromatic nitrogens is 4. The first-order chi connectivity index (χ1) is 10.7. The minimum Gasteiger partial charge on any atom is -0.332 e. The number of H-pyrrole nitrogens is 1. The second kappa shape index (κ2) is 4.80. The van der Waals surface area contributed by atoms with Gasteiger partial charge < -0.3 is 9.30 Å². The highest BCUT2D eigenvalue weighted by molar-refractivity contribution is 5.93. The molecule has 4 rings (SSSR count). The average Bonchev–Trinajstić information content (AvgIpc) is 2.97. The number of fused-ring (bicyclic) bond motifs is 2. The summed E-state index contributed by atoms with van der Waals surface area (Å²) in [5.74, 6) is -0.130. The normalized spacial score (nSPS) is 14.1. The van der Waals surface area contributed by atoms with Crippen molar-refractivity contribution in [3.63, 3.8) is 0 Å². The fourth-order valence-corrected chi connectivity index (χ4v) is 2.72. The molecule has 7 nitrogen and oxygen atoms in total. The van der Waals surface area contributed by atoms with Crippen LogP contribution in [-0.4, -0.2) is 36.9 Å². The van der Waals surface area contributed by atoms with Gasteiger partial charge in [0.1, 0.15) is 11.3 Å². The first kappa shape index (κ1) is 12.8. The second-order valence-corrected chi connectivity index (χ2v) is 5.27. The number of carbonyl (C=O) groups excluding carboxylic acids is 1. The predicted molar refractivity (Wildman–Crippen MR) is 78.5 cm³/mol. The van der Waals surface area contributed by atoms with Crippen molar-refractivity contribution < 1.29 is 4.79 Å². The van der Waals surface area contributed by atoms with Gasteiger partial charge in [-0.05, 0) is 12.1 Å². The summed E-state index contributed by atoms with van der Waals surface area (Å²) < 4.78 is 1.82. The van der Waals surface area contributed by atoms with Crippen molar-refractivity contribution in [2.75, 3.05) is 6.54 Å². The largest absolute Gasteiger partial charge is 0.332 e. The summed E-state index contributed by atoms with van der Waals surface area (Å²) >= 11 is 0. The quantitative estimate of drug-likeness (QED) is 0.713. The lowest BCUT2D eigenvalue weighted by molar-refractivity contribution is 0.0727. The third-order valence-electron chi connectivity index (χ3n) is 3.83. The van der Waals surface area contributed by atoms with Crippen LogP contribution < -0.4 is 5.56 Å². The van der Waals surface area contributed by atoms with Crippen LogP contribution in [0.4, 0.5) is 0 Å². The molecule has 3 aromatic rings. The first-order valence-electron chi connectivity index (χ1n) is 7.01. The molecule has 0 aromatic carbocycles. The van der Waals surface area contributed by atoms with Crippen molar-refractivity contribution in [2.45, 2.75) is 13.0 Å². The summed E-state index contributed by atoms with van der Waals surface area (Å²) in [5.41, 5.74) is 2.54. The minimum atomic E-state index is -0.249. The molecule has 0 atom stereocenters. The maximum atomic E-state index is 12.6. The fraction of sp³-hybridized carbons (Fsp3) is 0.200. The van der Waals surface area contributed by atoms with Gasteiger partial charge in [-0.2, -0.15) is 5.10 Å². The minimum absolute atomic E-state index is 0.130. The van der Waals surface area contributed by atoms with E-state index in [1.807, 2.05) is 28.8 Å². The van der Waals surface area contributed by atoms with Crippen molar-refractivity contribution in [3.8, 4) is 0 Å². The van der Waals surface area contributed by atoms with Gasteiger partial charge in [0, 0.05) is 43.5 Å². The van der Waals surface area contributed by atoms with E-state index in [0.717, 1.165) is 16.9 Å². The molecule has 22 heavy (non-hydrogen) atoms. The first-order valence-corrected chi connectivity index (χ1v) is 7.01. The number of nitrogens with one attached hydrogen (secondary N) is 1. The number of amides is 1. The highest BCUT2D eigenvalue weighted by Gasteiger charge is 2.24. The van der Waals surface area contributed by atoms with Crippen LogP contribution in [0.1, 0.15) is 21.7 Å². The lowest BCUT2D eigenvalue weighted by Crippen LogP contribution is -2.37. The zero-order chi connectivity index (χ0) is 15.1. The molecular formula is C15H13N5O2. The number of carbonyl (C=O) groups is 1. The number of hydrogen-bond donors (Lipinski definition) is 1. The topological polar surface area (TPSA) is 83.4 Å². The summed E-state index contributed by atoms with van der Waals surface area (Å²) in [6.07, 6.45) is 4.21. The molecule has 0 aliphatic carbocycles. The van der Waals surface area contributed by atoms with Gasteiger partial charge in [-0.15, -0.1) is 0 Å². The van der Waals surface area contributed by atoms with Crippen LogP contribution >= 0.6 is 0 Å². The molecule has 0 saturated heterocycles. The zero-order valence-electron chi connectivity index (χ0n) is 11.7. The standard InChI is InChI=1S/C15H13N5O2/c21-14-7-10-8-20(6-4-11(10)17-18-14)15(22)12-9-19-5-2-1-3-13(19)16-12/h1-3,5,7,9H,4,6,8H2,(H,18,21). The van der Waals surface area contributed by atoms with Crippen LogP contribution in [0.3, 0.4) is 0 Å². The Labute approximate surface area is 125 Å². The van der Waals surface area contributed by atoms with Crippen LogP contribution in [0.2, 0.25) is 0 Å². The number of imidazole rings is 1. The van der Waals surface area contributed by atoms with Crippen molar-refractivity contribution in [2.24, 2.45) is 0 Å². The Bertz CT molecular complexity index is 894. The third kappa shape index (κ3) is 2.07. The Hall–Kier alpha value is -2.96. The molecule has 110 valence electrons. The van der Waals surface area contributed by atoms with E-state index in [4.69, 9.17) is 0 Å². The molecule has 1 aliphatic heterocycles. The second-order valence-electron chi connectivity index (χ2n) is 5.27. The van der Waals surface area contributed by atoms with Gasteiger partial charge in [-0.3, -0.25) is 9.59 Å². The van der Waals surface area contributed by atoms with Crippen molar-refractivity contribution in [3.05, 3.63) is 64.0 Å². The highest BCUT2D eigenvalue weighted by Crippen LogP contribution is 2.17. The molecule has 1 aliphatic rings. The Kier molecular flexibility index (Phi) is 2.78. The molecule has 4 heterocycles. The fourth-order valence-electron chi connectivity index (χ4n) is 2.72. The number of hydrogen-bond acceptors (Lipinski definition) is 4. The average molecular weight is 295 g/mol. The van der Waals surface area contributed by atoms with Crippen molar-refractivity contribution in [1.29, 1.82) is 0 Å². The van der Waals surface area contributed by atoms with Crippen molar-refractivity contribution in [1.82, 2.24) is 24.5 Å². The lowest BCUT2D eigenvalue weighted by atomic mass is 10.1. The van der Waals surface area contributed by atoms with E-state index in [-0.39, 0.29) is 11.5 Å². The van der Waals surface area contributed by atoms with Gasteiger partial charge in [0.15, 0.2) is 0 Å². The van der Waals surface area contributed by atoms with Gasteiger partial charge in [-0.1, -0.05) is 6.07 Å². The van der Waals surface area contributed by atoms with Gasteiger partial charge in [-0.25, -0.2) is 10.1 Å². The Morgan fingerprint density at radius 1 is 1.32 bits per heavy atom. The third-order valence-corrected chi connectivity index (χ3v) is 3.83. The summed E-state index contributed by atoms with van der Waals surface area (Å²) in [6.45, 7) is 0.956. The molecule has 0 saturated carbocycles. The molecule has 0 spiro atoms.